The second kappa shape index (κ2) is 33.4. The van der Waals surface area contributed by atoms with Crippen LogP contribution in [0.3, 0.4) is 0 Å². The van der Waals surface area contributed by atoms with Gasteiger partial charge in [0.1, 0.15) is 30.2 Å². The standard InChI is InChI=1S/C47H81N17O11/c48-17-3-1-9-30(52)40(68)63-39(36(66)23-51)44(72)62-38(27-13-14-27)43(71)57-25-37(67)59-32(11-5-19-50)45(73)64-21-7-12-34(64)42(70)61-33(22-29-24-55-26-58-29)41(69)60-31(10-2-4-18-49)35(65)16-15-28(46(74)75)8-6-20-56-47(53)54/h8,24,26-27,30-34,36,38-39,66H,1-7,9-23,25,48-52H2,(H,55,58)(H,57,71)(H,59,67)(H,60,69)(H,61,70)(H,62,72)(H,63,68)(H,74,75)(H4,53,54,56)/b28-8+/t30-,31-,32+,33-,34-,36-,38-,39-/m0/s1. The molecule has 420 valence electrons. The Labute approximate surface area is 436 Å². The van der Waals surface area contributed by atoms with Gasteiger partial charge in [0.15, 0.2) is 11.7 Å². The van der Waals surface area contributed by atoms with Crippen molar-refractivity contribution in [3.05, 3.63) is 29.9 Å². The number of H-pyrrole nitrogens is 1. The molecule has 1 aromatic rings. The molecule has 2 heterocycles. The number of nitrogens with one attached hydrogen (secondary N) is 7. The number of guanidine groups is 1. The van der Waals surface area contributed by atoms with Gasteiger partial charge in [0.05, 0.1) is 31.1 Å². The van der Waals surface area contributed by atoms with Crippen molar-refractivity contribution < 1.29 is 53.4 Å². The van der Waals surface area contributed by atoms with E-state index < -0.39 is 115 Å². The number of carboxylic acid groups (broad SMARTS) is 1. The summed E-state index contributed by atoms with van der Waals surface area (Å²) >= 11 is 0. The van der Waals surface area contributed by atoms with Gasteiger partial charge in [0, 0.05) is 49.9 Å². The zero-order valence-electron chi connectivity index (χ0n) is 42.6. The first kappa shape index (κ1) is 62.7. The van der Waals surface area contributed by atoms with Crippen LogP contribution in [0.1, 0.15) is 102 Å². The topological polar surface area (TPSA) is 493 Å². The van der Waals surface area contributed by atoms with Crippen LogP contribution in [0, 0.1) is 5.92 Å². The summed E-state index contributed by atoms with van der Waals surface area (Å²) < 4.78 is 0. The Morgan fingerprint density at radius 3 is 2.08 bits per heavy atom. The van der Waals surface area contributed by atoms with Crippen molar-refractivity contribution in [3.8, 4) is 0 Å². The number of unbranched alkanes of at least 4 members (excludes halogenated alkanes) is 2. The molecular formula is C47H81N17O11. The number of nitrogens with two attached hydrogens (primary N) is 7. The average Bonchev–Trinajstić information content (AvgIpc) is 3.85. The van der Waals surface area contributed by atoms with Crippen molar-refractivity contribution in [2.24, 2.45) is 51.0 Å². The third-order valence-electron chi connectivity index (χ3n) is 12.8. The number of aliphatic hydroxyl groups excluding tert-OH is 1. The molecule has 3 rings (SSSR count). The normalized spacial score (nSPS) is 17.2. The third-order valence-corrected chi connectivity index (χ3v) is 12.8. The third kappa shape index (κ3) is 22.0. The molecule has 75 heavy (non-hydrogen) atoms. The second-order valence-corrected chi connectivity index (χ2v) is 18.7. The lowest BCUT2D eigenvalue weighted by Gasteiger charge is -2.30. The fourth-order valence-electron chi connectivity index (χ4n) is 8.38. The fourth-order valence-corrected chi connectivity index (χ4v) is 8.38. The number of aliphatic hydroxyl groups is 1. The highest BCUT2D eigenvalue weighted by atomic mass is 16.4. The van der Waals surface area contributed by atoms with E-state index in [9.17, 15) is 53.4 Å². The molecule has 2 aliphatic rings. The van der Waals surface area contributed by atoms with E-state index in [0.717, 1.165) is 0 Å². The molecule has 7 amide bonds. The van der Waals surface area contributed by atoms with Crippen molar-refractivity contribution in [1.82, 2.24) is 46.8 Å². The Bertz CT molecular complexity index is 2100. The van der Waals surface area contributed by atoms with E-state index in [1.807, 2.05) is 0 Å². The summed E-state index contributed by atoms with van der Waals surface area (Å²) in [4.78, 5) is 133. The van der Waals surface area contributed by atoms with Crippen LogP contribution in [0.15, 0.2) is 29.2 Å². The van der Waals surface area contributed by atoms with Crippen molar-refractivity contribution in [3.63, 3.8) is 0 Å². The van der Waals surface area contributed by atoms with Gasteiger partial charge in [-0.1, -0.05) is 12.5 Å². The van der Waals surface area contributed by atoms with Gasteiger partial charge < -0.3 is 92.1 Å². The number of aromatic amines is 1. The number of aromatic nitrogens is 2. The highest BCUT2D eigenvalue weighted by molar-refractivity contribution is 5.98. The molecule has 1 saturated heterocycles. The quantitative estimate of drug-likeness (QED) is 0.0128. The van der Waals surface area contributed by atoms with Crippen molar-refractivity contribution in [2.45, 2.75) is 151 Å². The number of aliphatic carboxylic acids is 1. The van der Waals surface area contributed by atoms with E-state index in [0.29, 0.717) is 70.2 Å². The average molecular weight is 1060 g/mol. The largest absolute Gasteiger partial charge is 0.478 e. The number of likely N-dealkylation sites (tertiary alicyclic amines) is 1. The number of carbonyl (C=O) groups is 9. The predicted molar refractivity (Wildman–Crippen MR) is 275 cm³/mol. The van der Waals surface area contributed by atoms with Crippen LogP contribution < -0.4 is 72.0 Å². The van der Waals surface area contributed by atoms with Crippen LogP contribution in [0.5, 0.6) is 0 Å². The number of hydrogen-bond donors (Lipinski definition) is 16. The van der Waals surface area contributed by atoms with Crippen LogP contribution in [-0.2, 0) is 49.6 Å². The number of nitrogens with zero attached hydrogens (tertiary/aromatic N) is 3. The molecule has 8 atom stereocenters. The summed E-state index contributed by atoms with van der Waals surface area (Å²) in [6, 6.07) is -8.30. The van der Waals surface area contributed by atoms with Gasteiger partial charge >= 0.3 is 5.97 Å². The van der Waals surface area contributed by atoms with Crippen LogP contribution in [-0.4, -0.2) is 178 Å². The van der Waals surface area contributed by atoms with Gasteiger partial charge in [-0.25, -0.2) is 9.78 Å². The van der Waals surface area contributed by atoms with Crippen LogP contribution in [0.4, 0.5) is 0 Å². The van der Waals surface area contributed by atoms with Gasteiger partial charge in [-0.3, -0.25) is 43.3 Å². The van der Waals surface area contributed by atoms with Crippen LogP contribution in [0.2, 0.25) is 0 Å². The molecule has 0 radical (unpaired) electrons. The first-order chi connectivity index (χ1) is 35.8. The lowest BCUT2D eigenvalue weighted by molar-refractivity contribution is -0.142. The minimum absolute atomic E-state index is 0.0325. The van der Waals surface area contributed by atoms with E-state index in [2.05, 4.69) is 46.9 Å². The Morgan fingerprint density at radius 1 is 0.787 bits per heavy atom. The monoisotopic (exact) mass is 1060 g/mol. The lowest BCUT2D eigenvalue weighted by atomic mass is 9.98. The minimum Gasteiger partial charge on any atom is -0.478 e. The van der Waals surface area contributed by atoms with Crippen molar-refractivity contribution in [1.29, 1.82) is 0 Å². The highest BCUT2D eigenvalue weighted by Crippen LogP contribution is 2.33. The summed E-state index contributed by atoms with van der Waals surface area (Å²) in [5, 5.41) is 36.0. The molecule has 0 aromatic carbocycles. The van der Waals surface area contributed by atoms with Gasteiger partial charge in [-0.2, -0.15) is 0 Å². The molecule has 0 spiro atoms. The predicted octanol–water partition coefficient (Wildman–Crippen LogP) is -5.44. The van der Waals surface area contributed by atoms with Crippen LogP contribution >= 0.6 is 0 Å². The second-order valence-electron chi connectivity index (χ2n) is 18.7. The van der Waals surface area contributed by atoms with E-state index >= 15 is 0 Å². The summed E-state index contributed by atoms with van der Waals surface area (Å²) in [7, 11) is 0. The van der Waals surface area contributed by atoms with Gasteiger partial charge in [-0.05, 0) is 109 Å². The lowest BCUT2D eigenvalue weighted by Crippen LogP contribution is -2.61. The van der Waals surface area contributed by atoms with E-state index in [1.54, 1.807) is 0 Å². The summed E-state index contributed by atoms with van der Waals surface area (Å²) in [6.45, 7) is 0.139. The maximum atomic E-state index is 14.3. The molecular weight excluding hydrogens is 979 g/mol. The highest BCUT2D eigenvalue weighted by Gasteiger charge is 2.42. The molecule has 0 bridgehead atoms. The summed E-state index contributed by atoms with van der Waals surface area (Å²) in [5.74, 6) is -7.24. The van der Waals surface area contributed by atoms with Gasteiger partial charge in [0.2, 0.25) is 41.4 Å². The minimum atomic E-state index is -1.54. The number of Topliss-reactive ketones (excluding diaryl/α,β-unsaturated/α-hetero) is 1. The van der Waals surface area contributed by atoms with Gasteiger partial charge in [-0.15, -0.1) is 0 Å². The molecule has 1 saturated carbocycles. The first-order valence-corrected chi connectivity index (χ1v) is 25.7. The Balaban J connectivity index is 1.72. The number of hydrogen-bond acceptors (Lipinski definition) is 17. The van der Waals surface area contributed by atoms with E-state index in [4.69, 9.17) is 40.1 Å². The maximum absolute atomic E-state index is 14.3. The van der Waals surface area contributed by atoms with E-state index in [1.165, 1.54) is 23.5 Å². The Morgan fingerprint density at radius 2 is 1.47 bits per heavy atom. The molecule has 28 heteroatoms. The SMILES string of the molecule is NCCCC[C@H](NC(=O)[C@H](Cc1cnc[nH]1)NC(=O)[C@@H]1CCCN1C(=O)[C@@H](CCCN)NC(=O)CNC(=O)[C@@H](NC(=O)[C@@H](NC(=O)[C@@H](N)CCCCN)[C@@H](O)CN)C1CC1)C(=O)CC/C(=C\CCN=C(N)N)C(=O)O. The summed E-state index contributed by atoms with van der Waals surface area (Å²) in [6.07, 6.45) is 7.24. The maximum Gasteiger partial charge on any atom is 0.331 e. The number of imidazole rings is 1. The Hall–Kier alpha value is -6.59. The molecule has 2 fully saturated rings. The van der Waals surface area contributed by atoms with Crippen molar-refractivity contribution in [2.75, 3.05) is 45.8 Å². The van der Waals surface area contributed by atoms with Crippen LogP contribution in [0.25, 0.3) is 0 Å². The van der Waals surface area contributed by atoms with Gasteiger partial charge in [0.25, 0.3) is 0 Å². The number of rotatable bonds is 37. The van der Waals surface area contributed by atoms with Crippen molar-refractivity contribution >= 4 is 59.1 Å². The molecule has 0 unspecified atom stereocenters. The molecule has 28 nitrogen and oxygen atoms in total. The fraction of sp³-hybridized carbons (Fsp3) is 0.681. The zero-order chi connectivity index (χ0) is 55.5. The zero-order valence-corrected chi connectivity index (χ0v) is 42.6. The Kier molecular flexibility index (Phi) is 27.9. The number of ketones is 1. The molecule has 1 aliphatic carbocycles. The molecule has 23 N–H and O–H groups in total. The first-order valence-electron chi connectivity index (χ1n) is 25.7. The molecule has 1 aliphatic heterocycles. The summed E-state index contributed by atoms with van der Waals surface area (Å²) in [5.41, 5.74) is 39.8. The van der Waals surface area contributed by atoms with E-state index in [-0.39, 0.29) is 88.5 Å². The number of aliphatic imine (C=N–C) groups is 1. The number of carbonyl (C=O) groups excluding carboxylic acids is 8. The smallest absolute Gasteiger partial charge is 0.331 e. The number of amides is 7. The number of carboxylic acids is 1. The molecule has 1 aromatic heterocycles.